The van der Waals surface area contributed by atoms with Gasteiger partial charge in [0.15, 0.2) is 17.6 Å². The van der Waals surface area contributed by atoms with Crippen molar-refractivity contribution in [2.24, 2.45) is 0 Å². The number of carbonyl (C=O) groups is 1. The maximum atomic E-state index is 12.2. The summed E-state index contributed by atoms with van der Waals surface area (Å²) in [5.41, 5.74) is 0. The van der Waals surface area contributed by atoms with Crippen molar-refractivity contribution in [2.75, 3.05) is 39.5 Å². The topological polar surface area (TPSA) is 80.3 Å². The summed E-state index contributed by atoms with van der Waals surface area (Å²) in [5.74, 6) is 0.986. The van der Waals surface area contributed by atoms with Crippen LogP contribution in [-0.4, -0.2) is 73.6 Å². The Balaban J connectivity index is 1.49. The zero-order chi connectivity index (χ0) is 16.9. The van der Waals surface area contributed by atoms with Gasteiger partial charge >= 0.3 is 0 Å². The predicted octanol–water partition coefficient (Wildman–Crippen LogP) is 0.0242. The Morgan fingerprint density at radius 1 is 1.33 bits per heavy atom. The summed E-state index contributed by atoms with van der Waals surface area (Å²) in [6, 6.07) is 7.17. The van der Waals surface area contributed by atoms with Crippen LogP contribution in [0.4, 0.5) is 0 Å². The normalized spacial score (nSPS) is 23.3. The molecule has 3 rings (SSSR count). The van der Waals surface area contributed by atoms with Crippen molar-refractivity contribution in [3.8, 4) is 11.5 Å². The summed E-state index contributed by atoms with van der Waals surface area (Å²) < 4.78 is 16.8. The molecular formula is C17H24N2O5. The van der Waals surface area contributed by atoms with E-state index in [1.807, 2.05) is 36.1 Å². The third-order valence-electron chi connectivity index (χ3n) is 4.30. The molecular weight excluding hydrogens is 312 g/mol. The Kier molecular flexibility index (Phi) is 5.55. The van der Waals surface area contributed by atoms with Gasteiger partial charge in [0.05, 0.1) is 19.3 Å². The number of amides is 1. The summed E-state index contributed by atoms with van der Waals surface area (Å²) in [4.78, 5) is 14.2. The number of ether oxygens (including phenoxy) is 3. The maximum Gasteiger partial charge on any atom is 0.250 e. The third-order valence-corrected chi connectivity index (χ3v) is 4.30. The minimum absolute atomic E-state index is 0.273. The van der Waals surface area contributed by atoms with Crippen LogP contribution in [0.15, 0.2) is 24.3 Å². The first-order chi connectivity index (χ1) is 11.6. The molecule has 0 aromatic heterocycles. The van der Waals surface area contributed by atoms with E-state index in [2.05, 4.69) is 5.32 Å². The van der Waals surface area contributed by atoms with Gasteiger partial charge in [-0.25, -0.2) is 0 Å². The molecule has 0 bridgehead atoms. The fraction of sp³-hybridized carbons (Fsp3) is 0.588. The number of nitrogens with zero attached hydrogens (tertiary/aromatic N) is 1. The van der Waals surface area contributed by atoms with Gasteiger partial charge in [-0.15, -0.1) is 0 Å². The number of aliphatic hydroxyl groups is 1. The van der Waals surface area contributed by atoms with E-state index < -0.39 is 12.0 Å². The lowest BCUT2D eigenvalue weighted by molar-refractivity contribution is -0.132. The Hall–Kier alpha value is -1.83. The third kappa shape index (κ3) is 4.17. The van der Waals surface area contributed by atoms with Gasteiger partial charge in [0.2, 0.25) is 0 Å². The fourth-order valence-electron chi connectivity index (χ4n) is 2.81. The molecule has 1 aromatic carbocycles. The number of nitrogens with one attached hydrogen (secondary N) is 1. The van der Waals surface area contributed by atoms with E-state index in [4.69, 9.17) is 14.2 Å². The van der Waals surface area contributed by atoms with E-state index >= 15 is 0 Å². The van der Waals surface area contributed by atoms with Crippen molar-refractivity contribution in [3.05, 3.63) is 24.3 Å². The number of hydrogen-bond acceptors (Lipinski definition) is 6. The highest BCUT2D eigenvalue weighted by Gasteiger charge is 2.29. The zero-order valence-corrected chi connectivity index (χ0v) is 13.8. The van der Waals surface area contributed by atoms with Crippen molar-refractivity contribution < 1.29 is 24.1 Å². The molecule has 0 aliphatic carbocycles. The number of carbonyl (C=O) groups excluding carboxylic acids is 1. The monoisotopic (exact) mass is 336 g/mol. The molecule has 1 amide bonds. The van der Waals surface area contributed by atoms with Crippen LogP contribution in [0.1, 0.15) is 6.92 Å². The number of β-amino-alcohol motifs (C(OH)–C–C–N with tert-alkyl or cyclic N) is 1. The van der Waals surface area contributed by atoms with Crippen LogP contribution in [0, 0.1) is 0 Å². The van der Waals surface area contributed by atoms with Crippen LogP contribution < -0.4 is 14.8 Å². The molecule has 2 heterocycles. The second-order valence-corrected chi connectivity index (χ2v) is 6.14. The summed E-state index contributed by atoms with van der Waals surface area (Å²) in [6.45, 7) is 5.26. The average Bonchev–Trinajstić information content (AvgIpc) is 2.62. The molecule has 0 saturated carbocycles. The van der Waals surface area contributed by atoms with Gasteiger partial charge in [-0.2, -0.15) is 0 Å². The molecule has 1 fully saturated rings. The molecule has 2 aliphatic heterocycles. The number of morpholine rings is 1. The van der Waals surface area contributed by atoms with Gasteiger partial charge in [0.1, 0.15) is 12.7 Å². The van der Waals surface area contributed by atoms with Crippen LogP contribution >= 0.6 is 0 Å². The first-order valence-electron chi connectivity index (χ1n) is 8.30. The number of rotatable bonds is 5. The van der Waals surface area contributed by atoms with E-state index in [1.54, 1.807) is 0 Å². The Labute approximate surface area is 141 Å². The zero-order valence-electron chi connectivity index (χ0n) is 13.8. The number of benzene rings is 1. The van der Waals surface area contributed by atoms with Crippen LogP contribution in [-0.2, 0) is 9.53 Å². The number of aliphatic hydroxyl groups excluding tert-OH is 1. The van der Waals surface area contributed by atoms with Crippen molar-refractivity contribution >= 4 is 5.91 Å². The van der Waals surface area contributed by atoms with Crippen molar-refractivity contribution in [3.63, 3.8) is 0 Å². The van der Waals surface area contributed by atoms with Crippen LogP contribution in [0.2, 0.25) is 0 Å². The molecule has 0 radical (unpaired) electrons. The quantitative estimate of drug-likeness (QED) is 0.789. The van der Waals surface area contributed by atoms with E-state index in [-0.39, 0.29) is 12.1 Å². The van der Waals surface area contributed by atoms with Crippen molar-refractivity contribution in [2.45, 2.75) is 25.2 Å². The lowest BCUT2D eigenvalue weighted by Gasteiger charge is -2.32. The Bertz CT molecular complexity index is 562. The predicted molar refractivity (Wildman–Crippen MR) is 87.2 cm³/mol. The average molecular weight is 336 g/mol. The molecule has 132 valence electrons. The van der Waals surface area contributed by atoms with Crippen molar-refractivity contribution in [1.82, 2.24) is 10.2 Å². The van der Waals surface area contributed by atoms with E-state index in [1.165, 1.54) is 0 Å². The smallest absolute Gasteiger partial charge is 0.250 e. The van der Waals surface area contributed by atoms with Crippen molar-refractivity contribution in [1.29, 1.82) is 0 Å². The first kappa shape index (κ1) is 17.0. The summed E-state index contributed by atoms with van der Waals surface area (Å²) in [6.07, 6.45) is -1.36. The summed E-state index contributed by atoms with van der Waals surface area (Å²) >= 11 is 0. The standard InChI is InChI=1S/C17H24N2O5/c1-12(16-11-23-14-4-2-3-5-15(14)24-16)18-17(21)13(20)10-19-6-8-22-9-7-19/h2-5,12-13,16,20H,6-11H2,1H3,(H,18,21)/t12-,13-,16-/m1/s1. The number of fused-ring (bicyclic) bond motifs is 1. The Morgan fingerprint density at radius 3 is 2.79 bits per heavy atom. The Morgan fingerprint density at radius 2 is 2.04 bits per heavy atom. The minimum Gasteiger partial charge on any atom is -0.486 e. The summed E-state index contributed by atoms with van der Waals surface area (Å²) in [5, 5.41) is 12.9. The number of para-hydroxylation sites is 2. The second kappa shape index (κ2) is 7.83. The lowest BCUT2D eigenvalue weighted by atomic mass is 10.1. The van der Waals surface area contributed by atoms with Gasteiger partial charge in [-0.3, -0.25) is 9.69 Å². The molecule has 7 heteroatoms. The SMILES string of the molecule is C[C@@H](NC(=O)[C@H](O)CN1CCOCC1)[C@H]1COc2ccccc2O1. The van der Waals surface area contributed by atoms with E-state index in [0.717, 1.165) is 13.1 Å². The van der Waals surface area contributed by atoms with Crippen LogP contribution in [0.3, 0.4) is 0 Å². The lowest BCUT2D eigenvalue weighted by Crippen LogP contribution is -2.53. The molecule has 0 spiro atoms. The highest BCUT2D eigenvalue weighted by molar-refractivity contribution is 5.81. The molecule has 2 N–H and O–H groups in total. The molecule has 7 nitrogen and oxygen atoms in total. The van der Waals surface area contributed by atoms with Crippen LogP contribution in [0.25, 0.3) is 0 Å². The minimum atomic E-state index is -1.07. The van der Waals surface area contributed by atoms with E-state index in [0.29, 0.717) is 37.9 Å². The molecule has 1 aromatic rings. The molecule has 0 unspecified atom stereocenters. The first-order valence-corrected chi connectivity index (χ1v) is 8.30. The fourth-order valence-corrected chi connectivity index (χ4v) is 2.81. The maximum absolute atomic E-state index is 12.2. The number of hydrogen-bond donors (Lipinski definition) is 2. The molecule has 24 heavy (non-hydrogen) atoms. The van der Waals surface area contributed by atoms with Gasteiger partial charge in [-0.05, 0) is 19.1 Å². The van der Waals surface area contributed by atoms with Crippen LogP contribution in [0.5, 0.6) is 11.5 Å². The largest absolute Gasteiger partial charge is 0.486 e. The van der Waals surface area contributed by atoms with Gasteiger partial charge in [0.25, 0.3) is 5.91 Å². The second-order valence-electron chi connectivity index (χ2n) is 6.14. The molecule has 3 atom stereocenters. The van der Waals surface area contributed by atoms with Gasteiger partial charge < -0.3 is 24.6 Å². The highest BCUT2D eigenvalue weighted by atomic mass is 16.6. The summed E-state index contributed by atoms with van der Waals surface area (Å²) in [7, 11) is 0. The van der Waals surface area contributed by atoms with Gasteiger partial charge in [-0.1, -0.05) is 12.1 Å². The molecule has 1 saturated heterocycles. The van der Waals surface area contributed by atoms with E-state index in [9.17, 15) is 9.90 Å². The highest BCUT2D eigenvalue weighted by Crippen LogP contribution is 2.31. The van der Waals surface area contributed by atoms with Gasteiger partial charge in [0, 0.05) is 19.6 Å². The molecule has 2 aliphatic rings.